The minimum absolute atomic E-state index is 0.673. The highest BCUT2D eigenvalue weighted by Crippen LogP contribution is 2.16. The van der Waals surface area contributed by atoms with Crippen molar-refractivity contribution < 1.29 is 4.74 Å². The Labute approximate surface area is 94.3 Å². The maximum atomic E-state index is 5.07. The van der Waals surface area contributed by atoms with Crippen LogP contribution in [0.1, 0.15) is 9.88 Å². The lowest BCUT2D eigenvalue weighted by molar-refractivity contribution is 0.173. The van der Waals surface area contributed by atoms with Gasteiger partial charge in [-0.05, 0) is 7.05 Å². The summed E-state index contributed by atoms with van der Waals surface area (Å²) in [6, 6.07) is 0.680. The number of ether oxygens (including phenoxy) is 1. The molecule has 1 aliphatic rings. The van der Waals surface area contributed by atoms with Gasteiger partial charge in [-0.1, -0.05) is 0 Å². The summed E-state index contributed by atoms with van der Waals surface area (Å²) in [6.45, 7) is 3.83. The van der Waals surface area contributed by atoms with E-state index in [2.05, 4.69) is 22.2 Å². The maximum Gasteiger partial charge on any atom is 0.107 e. The van der Waals surface area contributed by atoms with Crippen molar-refractivity contribution in [3.63, 3.8) is 0 Å². The van der Waals surface area contributed by atoms with Crippen molar-refractivity contribution in [2.75, 3.05) is 27.2 Å². The first-order chi connectivity index (χ1) is 7.29. The van der Waals surface area contributed by atoms with Crippen molar-refractivity contribution in [2.24, 2.45) is 0 Å². The molecular weight excluding hydrogens is 210 g/mol. The zero-order chi connectivity index (χ0) is 10.7. The normalized spacial score (nSPS) is 17.0. The molecule has 0 aromatic carbocycles. The van der Waals surface area contributed by atoms with Crippen LogP contribution in [0, 0.1) is 0 Å². The fourth-order valence-corrected chi connectivity index (χ4v) is 2.52. The van der Waals surface area contributed by atoms with E-state index in [9.17, 15) is 0 Å². The Bertz CT molecular complexity index is 311. The van der Waals surface area contributed by atoms with Gasteiger partial charge in [-0.25, -0.2) is 4.98 Å². The van der Waals surface area contributed by atoms with Crippen molar-refractivity contribution in [1.29, 1.82) is 0 Å². The molecule has 1 aromatic rings. The lowest BCUT2D eigenvalue weighted by Gasteiger charge is -2.35. The fraction of sp³-hybridized carbons (Fsp3) is 0.700. The maximum absolute atomic E-state index is 5.07. The zero-order valence-electron chi connectivity index (χ0n) is 9.19. The first kappa shape index (κ1) is 11.0. The molecule has 15 heavy (non-hydrogen) atoms. The summed E-state index contributed by atoms with van der Waals surface area (Å²) in [5, 5.41) is 4.45. The molecule has 2 rings (SSSR count). The Hall–Kier alpha value is -0.490. The molecule has 1 aliphatic heterocycles. The van der Waals surface area contributed by atoms with Crippen LogP contribution in [0.2, 0.25) is 0 Å². The van der Waals surface area contributed by atoms with Crippen molar-refractivity contribution in [3.8, 4) is 0 Å². The number of nitrogens with zero attached hydrogens (tertiary/aromatic N) is 2. The predicted octanol–water partition coefficient (Wildman–Crippen LogP) is 0.693. The standard InChI is InChI=1S/C10H17N3OS/c1-13(8-3-11-4-8)6-10-12-5-9(15-10)7-14-2/h5,8,11H,3-4,6-7H2,1-2H3. The van der Waals surface area contributed by atoms with E-state index in [1.54, 1.807) is 18.4 Å². The molecule has 84 valence electrons. The van der Waals surface area contributed by atoms with E-state index in [0.29, 0.717) is 12.6 Å². The summed E-state index contributed by atoms with van der Waals surface area (Å²) in [5.41, 5.74) is 0. The van der Waals surface area contributed by atoms with E-state index in [4.69, 9.17) is 4.74 Å². The number of aromatic nitrogens is 1. The monoisotopic (exact) mass is 227 g/mol. The summed E-state index contributed by atoms with van der Waals surface area (Å²) in [5.74, 6) is 0. The van der Waals surface area contributed by atoms with Gasteiger partial charge in [0, 0.05) is 32.4 Å². The third-order valence-electron chi connectivity index (χ3n) is 2.66. The molecule has 0 saturated carbocycles. The number of methoxy groups -OCH3 is 1. The van der Waals surface area contributed by atoms with Crippen LogP contribution < -0.4 is 5.32 Å². The lowest BCUT2D eigenvalue weighted by Crippen LogP contribution is -2.55. The van der Waals surface area contributed by atoms with E-state index in [0.717, 1.165) is 19.6 Å². The van der Waals surface area contributed by atoms with Gasteiger partial charge >= 0.3 is 0 Å². The van der Waals surface area contributed by atoms with E-state index in [-0.39, 0.29) is 0 Å². The molecule has 1 aromatic heterocycles. The summed E-state index contributed by atoms with van der Waals surface area (Å²) >= 11 is 1.74. The Morgan fingerprint density at radius 2 is 2.47 bits per heavy atom. The minimum Gasteiger partial charge on any atom is -0.379 e. The predicted molar refractivity (Wildman–Crippen MR) is 61.0 cm³/mol. The minimum atomic E-state index is 0.673. The topological polar surface area (TPSA) is 37.4 Å². The molecule has 4 nitrogen and oxygen atoms in total. The van der Waals surface area contributed by atoms with Gasteiger partial charge in [0.2, 0.25) is 0 Å². The van der Waals surface area contributed by atoms with Gasteiger partial charge in [0.1, 0.15) is 5.01 Å². The molecule has 0 amide bonds. The SMILES string of the molecule is COCc1cnc(CN(C)C2CNC2)s1. The average molecular weight is 227 g/mol. The number of hydrogen-bond acceptors (Lipinski definition) is 5. The number of rotatable bonds is 5. The Kier molecular flexibility index (Phi) is 3.69. The second-order valence-electron chi connectivity index (χ2n) is 3.88. The number of thiazole rings is 1. The molecule has 0 bridgehead atoms. The number of hydrogen-bond donors (Lipinski definition) is 1. The Morgan fingerprint density at radius 3 is 3.07 bits per heavy atom. The van der Waals surface area contributed by atoms with Crippen molar-refractivity contribution in [2.45, 2.75) is 19.2 Å². The van der Waals surface area contributed by atoms with Gasteiger partial charge in [-0.3, -0.25) is 4.90 Å². The first-order valence-corrected chi connectivity index (χ1v) is 5.94. The number of likely N-dealkylation sites (N-methyl/N-ethyl adjacent to an activating group) is 1. The van der Waals surface area contributed by atoms with Crippen molar-refractivity contribution in [3.05, 3.63) is 16.1 Å². The van der Waals surface area contributed by atoms with Crippen LogP contribution in [0.15, 0.2) is 6.20 Å². The summed E-state index contributed by atoms with van der Waals surface area (Å²) < 4.78 is 5.07. The van der Waals surface area contributed by atoms with Crippen molar-refractivity contribution in [1.82, 2.24) is 15.2 Å². The van der Waals surface area contributed by atoms with Crippen LogP contribution in [0.5, 0.6) is 0 Å². The van der Waals surface area contributed by atoms with E-state index < -0.39 is 0 Å². The van der Waals surface area contributed by atoms with Crippen LogP contribution in [0.3, 0.4) is 0 Å². The van der Waals surface area contributed by atoms with Crippen LogP contribution >= 0.6 is 11.3 Å². The Morgan fingerprint density at radius 1 is 1.67 bits per heavy atom. The van der Waals surface area contributed by atoms with Gasteiger partial charge in [0.05, 0.1) is 18.0 Å². The molecule has 1 N–H and O–H groups in total. The van der Waals surface area contributed by atoms with Gasteiger partial charge in [-0.15, -0.1) is 11.3 Å². The average Bonchev–Trinajstić information content (AvgIpc) is 2.49. The lowest BCUT2D eigenvalue weighted by atomic mass is 10.1. The van der Waals surface area contributed by atoms with Gasteiger partial charge in [0.15, 0.2) is 0 Å². The molecule has 0 radical (unpaired) electrons. The van der Waals surface area contributed by atoms with Crippen LogP contribution in [0.25, 0.3) is 0 Å². The molecule has 5 heteroatoms. The molecular formula is C10H17N3OS. The van der Waals surface area contributed by atoms with Crippen LogP contribution in [-0.2, 0) is 17.9 Å². The number of nitrogens with one attached hydrogen (secondary N) is 1. The van der Waals surface area contributed by atoms with Gasteiger partial charge in [0.25, 0.3) is 0 Å². The molecule has 0 unspecified atom stereocenters. The van der Waals surface area contributed by atoms with E-state index in [1.165, 1.54) is 9.88 Å². The van der Waals surface area contributed by atoms with E-state index >= 15 is 0 Å². The Balaban J connectivity index is 1.86. The van der Waals surface area contributed by atoms with E-state index in [1.807, 2.05) is 6.20 Å². The fourth-order valence-electron chi connectivity index (χ4n) is 1.56. The molecule has 1 fully saturated rings. The third-order valence-corrected chi connectivity index (χ3v) is 3.61. The second-order valence-corrected chi connectivity index (χ2v) is 5.08. The molecule has 1 saturated heterocycles. The summed E-state index contributed by atoms with van der Waals surface area (Å²) in [4.78, 5) is 7.95. The quantitative estimate of drug-likeness (QED) is 0.803. The highest BCUT2D eigenvalue weighted by atomic mass is 32.1. The smallest absolute Gasteiger partial charge is 0.107 e. The second kappa shape index (κ2) is 5.03. The summed E-state index contributed by atoms with van der Waals surface area (Å²) in [7, 11) is 3.87. The highest BCUT2D eigenvalue weighted by molar-refractivity contribution is 7.11. The van der Waals surface area contributed by atoms with Crippen molar-refractivity contribution >= 4 is 11.3 Å². The van der Waals surface area contributed by atoms with Gasteiger partial charge in [-0.2, -0.15) is 0 Å². The molecule has 0 atom stereocenters. The largest absolute Gasteiger partial charge is 0.379 e. The highest BCUT2D eigenvalue weighted by Gasteiger charge is 2.21. The third kappa shape index (κ3) is 2.75. The molecule has 2 heterocycles. The first-order valence-electron chi connectivity index (χ1n) is 5.13. The molecule has 0 aliphatic carbocycles. The van der Waals surface area contributed by atoms with Crippen LogP contribution in [-0.4, -0.2) is 43.2 Å². The van der Waals surface area contributed by atoms with Gasteiger partial charge < -0.3 is 10.1 Å². The zero-order valence-corrected chi connectivity index (χ0v) is 10.0. The summed E-state index contributed by atoms with van der Waals surface area (Å²) in [6.07, 6.45) is 1.91. The van der Waals surface area contributed by atoms with Crippen LogP contribution in [0.4, 0.5) is 0 Å². The molecule has 0 spiro atoms.